The Balaban J connectivity index is 1.69. The van der Waals surface area contributed by atoms with Gasteiger partial charge in [-0.2, -0.15) is 0 Å². The van der Waals surface area contributed by atoms with Crippen LogP contribution in [-0.4, -0.2) is 21.8 Å². The standard InChI is InChI=1S/C23H26N4O2/c1-2-3-4-5-6-21(28)26-13-16-7-9-17(10-8-16)19-15-25-14-18-11-12-20(23(24)29)27-22(18)19/h7-12,14-15H,2-6,13H2,1H3,(H2,24,29)(H,26,28). The number of primary amides is 1. The molecule has 2 heterocycles. The minimum Gasteiger partial charge on any atom is -0.364 e. The van der Waals surface area contributed by atoms with Crippen molar-refractivity contribution in [2.75, 3.05) is 0 Å². The molecular formula is C23H26N4O2. The Morgan fingerprint density at radius 1 is 1.00 bits per heavy atom. The number of carbonyl (C=O) groups is 2. The first-order valence-electron chi connectivity index (χ1n) is 9.99. The smallest absolute Gasteiger partial charge is 0.267 e. The fourth-order valence-corrected chi connectivity index (χ4v) is 3.20. The Bertz CT molecular complexity index is 999. The van der Waals surface area contributed by atoms with E-state index in [0.29, 0.717) is 18.5 Å². The minimum absolute atomic E-state index is 0.0895. The van der Waals surface area contributed by atoms with Crippen molar-refractivity contribution in [2.45, 2.75) is 45.6 Å². The Hall–Kier alpha value is -3.28. The SMILES string of the molecule is CCCCCCC(=O)NCc1ccc(-c2cncc3ccc(C(N)=O)nc23)cc1. The van der Waals surface area contributed by atoms with Crippen molar-refractivity contribution in [3.8, 4) is 11.1 Å². The molecule has 0 aliphatic carbocycles. The fourth-order valence-electron chi connectivity index (χ4n) is 3.20. The van der Waals surface area contributed by atoms with Gasteiger partial charge in [-0.25, -0.2) is 4.98 Å². The van der Waals surface area contributed by atoms with Crippen LogP contribution >= 0.6 is 0 Å². The average molecular weight is 390 g/mol. The largest absolute Gasteiger partial charge is 0.364 e. The molecule has 150 valence electrons. The molecule has 6 heteroatoms. The summed E-state index contributed by atoms with van der Waals surface area (Å²) >= 11 is 0. The number of rotatable bonds is 9. The van der Waals surface area contributed by atoms with E-state index in [0.717, 1.165) is 34.9 Å². The molecule has 0 aliphatic rings. The van der Waals surface area contributed by atoms with Crippen molar-refractivity contribution in [2.24, 2.45) is 5.73 Å². The molecule has 0 unspecified atom stereocenters. The van der Waals surface area contributed by atoms with Crippen LogP contribution in [0.15, 0.2) is 48.8 Å². The van der Waals surface area contributed by atoms with Crippen molar-refractivity contribution in [3.05, 3.63) is 60.0 Å². The average Bonchev–Trinajstić information content (AvgIpc) is 2.75. The van der Waals surface area contributed by atoms with Crippen LogP contribution in [0.1, 0.15) is 55.1 Å². The minimum atomic E-state index is -0.560. The van der Waals surface area contributed by atoms with E-state index in [9.17, 15) is 9.59 Å². The number of carbonyl (C=O) groups excluding carboxylic acids is 2. The van der Waals surface area contributed by atoms with E-state index in [1.165, 1.54) is 12.8 Å². The lowest BCUT2D eigenvalue weighted by Crippen LogP contribution is -2.22. The molecule has 6 nitrogen and oxygen atoms in total. The van der Waals surface area contributed by atoms with Gasteiger partial charge in [-0.3, -0.25) is 14.6 Å². The molecule has 1 aromatic carbocycles. The number of aromatic nitrogens is 2. The monoisotopic (exact) mass is 390 g/mol. The molecule has 2 aromatic heterocycles. The second-order valence-electron chi connectivity index (χ2n) is 7.10. The van der Waals surface area contributed by atoms with Crippen molar-refractivity contribution < 1.29 is 9.59 Å². The Morgan fingerprint density at radius 3 is 2.52 bits per heavy atom. The van der Waals surface area contributed by atoms with E-state index >= 15 is 0 Å². The number of benzene rings is 1. The first-order chi connectivity index (χ1) is 14.1. The second-order valence-corrected chi connectivity index (χ2v) is 7.10. The van der Waals surface area contributed by atoms with E-state index in [1.54, 1.807) is 24.5 Å². The van der Waals surface area contributed by atoms with Crippen molar-refractivity contribution in [1.29, 1.82) is 0 Å². The van der Waals surface area contributed by atoms with Crippen molar-refractivity contribution in [1.82, 2.24) is 15.3 Å². The summed E-state index contributed by atoms with van der Waals surface area (Å²) < 4.78 is 0. The lowest BCUT2D eigenvalue weighted by atomic mass is 10.0. The van der Waals surface area contributed by atoms with E-state index in [1.807, 2.05) is 24.3 Å². The number of fused-ring (bicyclic) bond motifs is 1. The molecule has 0 saturated heterocycles. The number of nitrogens with zero attached hydrogens (tertiary/aromatic N) is 2. The molecule has 3 rings (SSSR count). The molecule has 3 N–H and O–H groups in total. The molecule has 0 spiro atoms. The maximum atomic E-state index is 11.9. The third-order valence-corrected chi connectivity index (χ3v) is 4.86. The summed E-state index contributed by atoms with van der Waals surface area (Å²) in [6.45, 7) is 2.66. The summed E-state index contributed by atoms with van der Waals surface area (Å²) in [6, 6.07) is 11.3. The number of nitrogens with one attached hydrogen (secondary N) is 1. The fraction of sp³-hybridized carbons (Fsp3) is 0.304. The highest BCUT2D eigenvalue weighted by Gasteiger charge is 2.10. The summed E-state index contributed by atoms with van der Waals surface area (Å²) in [4.78, 5) is 32.1. The van der Waals surface area contributed by atoms with Crippen LogP contribution in [0, 0.1) is 0 Å². The molecular weight excluding hydrogens is 364 g/mol. The predicted molar refractivity (Wildman–Crippen MR) is 114 cm³/mol. The first kappa shape index (κ1) is 20.5. The van der Waals surface area contributed by atoms with E-state index in [4.69, 9.17) is 5.73 Å². The number of unbranched alkanes of at least 4 members (excludes halogenated alkanes) is 3. The van der Waals surface area contributed by atoms with E-state index < -0.39 is 5.91 Å². The molecule has 0 fully saturated rings. The molecule has 0 aliphatic heterocycles. The number of nitrogens with two attached hydrogens (primary N) is 1. The topological polar surface area (TPSA) is 98.0 Å². The predicted octanol–water partition coefficient (Wildman–Crippen LogP) is 3.98. The second kappa shape index (κ2) is 9.78. The highest BCUT2D eigenvalue weighted by molar-refractivity contribution is 5.97. The summed E-state index contributed by atoms with van der Waals surface area (Å²) in [6.07, 6.45) is 8.39. The zero-order chi connectivity index (χ0) is 20.6. The van der Waals surface area contributed by atoms with E-state index in [-0.39, 0.29) is 11.6 Å². The Kier molecular flexibility index (Phi) is 6.89. The van der Waals surface area contributed by atoms with Gasteiger partial charge in [0.05, 0.1) is 5.52 Å². The first-order valence-corrected chi connectivity index (χ1v) is 9.99. The third kappa shape index (κ3) is 5.38. The van der Waals surface area contributed by atoms with Gasteiger partial charge in [0.2, 0.25) is 5.91 Å². The third-order valence-electron chi connectivity index (χ3n) is 4.86. The van der Waals surface area contributed by atoms with E-state index in [2.05, 4.69) is 22.2 Å². The quantitative estimate of drug-likeness (QED) is 0.540. The van der Waals surface area contributed by atoms with Crippen molar-refractivity contribution in [3.63, 3.8) is 0 Å². The Labute approximate surface area is 170 Å². The highest BCUT2D eigenvalue weighted by atomic mass is 16.2. The highest BCUT2D eigenvalue weighted by Crippen LogP contribution is 2.26. The molecule has 0 bridgehead atoms. The molecule has 29 heavy (non-hydrogen) atoms. The van der Waals surface area contributed by atoms with Crippen LogP contribution in [0.2, 0.25) is 0 Å². The van der Waals surface area contributed by atoms with Gasteiger partial charge in [0, 0.05) is 36.3 Å². The van der Waals surface area contributed by atoms with Gasteiger partial charge in [-0.05, 0) is 29.7 Å². The van der Waals surface area contributed by atoms with Gasteiger partial charge in [0.1, 0.15) is 5.69 Å². The number of hydrogen-bond donors (Lipinski definition) is 2. The van der Waals surface area contributed by atoms with Crippen molar-refractivity contribution >= 4 is 22.7 Å². The zero-order valence-electron chi connectivity index (χ0n) is 16.6. The molecule has 0 saturated carbocycles. The number of amides is 2. The van der Waals surface area contributed by atoms with Gasteiger partial charge >= 0.3 is 0 Å². The maximum absolute atomic E-state index is 11.9. The molecule has 2 amide bonds. The van der Waals surface area contributed by atoms with Gasteiger partial charge in [-0.1, -0.05) is 50.5 Å². The summed E-state index contributed by atoms with van der Waals surface area (Å²) in [5.41, 5.74) is 9.07. The van der Waals surface area contributed by atoms with Crippen LogP contribution in [0.25, 0.3) is 22.0 Å². The van der Waals surface area contributed by atoms with Crippen LogP contribution in [0.4, 0.5) is 0 Å². The van der Waals surface area contributed by atoms with Crippen LogP contribution in [0.3, 0.4) is 0 Å². The molecule has 3 aromatic rings. The lowest BCUT2D eigenvalue weighted by Gasteiger charge is -2.09. The number of hydrogen-bond acceptors (Lipinski definition) is 4. The molecule has 0 atom stereocenters. The maximum Gasteiger partial charge on any atom is 0.267 e. The van der Waals surface area contributed by atoms with Gasteiger partial charge in [0.25, 0.3) is 5.91 Å². The van der Waals surface area contributed by atoms with Crippen LogP contribution in [-0.2, 0) is 11.3 Å². The summed E-state index contributed by atoms with van der Waals surface area (Å²) in [7, 11) is 0. The normalized spacial score (nSPS) is 10.8. The van der Waals surface area contributed by atoms with Gasteiger partial charge < -0.3 is 11.1 Å². The Morgan fingerprint density at radius 2 is 1.79 bits per heavy atom. The zero-order valence-corrected chi connectivity index (χ0v) is 16.6. The van der Waals surface area contributed by atoms with Gasteiger partial charge in [0.15, 0.2) is 0 Å². The lowest BCUT2D eigenvalue weighted by molar-refractivity contribution is -0.121. The number of pyridine rings is 2. The summed E-state index contributed by atoms with van der Waals surface area (Å²) in [5, 5.41) is 3.81. The van der Waals surface area contributed by atoms with Crippen LogP contribution in [0.5, 0.6) is 0 Å². The molecule has 0 radical (unpaired) electrons. The van der Waals surface area contributed by atoms with Gasteiger partial charge in [-0.15, -0.1) is 0 Å². The summed E-state index contributed by atoms with van der Waals surface area (Å²) in [5.74, 6) is -0.470. The van der Waals surface area contributed by atoms with Crippen LogP contribution < -0.4 is 11.1 Å².